The second kappa shape index (κ2) is 13.1. The van der Waals surface area contributed by atoms with Crippen LogP contribution in [0.15, 0.2) is 78.9 Å². The average molecular weight is 626 g/mol. The van der Waals surface area contributed by atoms with Crippen molar-refractivity contribution in [1.82, 2.24) is 15.1 Å². The van der Waals surface area contributed by atoms with E-state index in [1.165, 1.54) is 36.4 Å². The van der Waals surface area contributed by atoms with E-state index in [1.54, 1.807) is 57.2 Å². The number of anilines is 2. The third-order valence-corrected chi connectivity index (χ3v) is 6.18. The molecule has 1 unspecified atom stereocenters. The number of ether oxygens (including phenoxy) is 1. The molecule has 5 N–H and O–H groups in total. The summed E-state index contributed by atoms with van der Waals surface area (Å²) in [6.07, 6.45) is -8.12. The first-order chi connectivity index (χ1) is 21.1. The van der Waals surface area contributed by atoms with Crippen LogP contribution in [-0.4, -0.2) is 43.7 Å². The van der Waals surface area contributed by atoms with E-state index in [2.05, 4.69) is 21.0 Å². The molecule has 0 bridgehead atoms. The van der Waals surface area contributed by atoms with E-state index >= 15 is 0 Å². The van der Waals surface area contributed by atoms with Crippen LogP contribution >= 0.6 is 0 Å². The van der Waals surface area contributed by atoms with Gasteiger partial charge < -0.3 is 25.6 Å². The molecule has 1 atom stereocenters. The monoisotopic (exact) mass is 625 g/mol. The lowest BCUT2D eigenvalue weighted by Crippen LogP contribution is -2.27. The summed E-state index contributed by atoms with van der Waals surface area (Å²) < 4.78 is 47.0. The first kappa shape index (κ1) is 32.5. The van der Waals surface area contributed by atoms with E-state index in [0.29, 0.717) is 22.8 Å². The van der Waals surface area contributed by atoms with Gasteiger partial charge in [0.1, 0.15) is 17.4 Å². The average Bonchev–Trinajstić information content (AvgIpc) is 3.42. The van der Waals surface area contributed by atoms with Gasteiger partial charge in [-0.05, 0) is 62.2 Å². The van der Waals surface area contributed by atoms with Crippen molar-refractivity contribution in [3.05, 3.63) is 107 Å². The fourth-order valence-electron chi connectivity index (χ4n) is 4.28. The fraction of sp³-hybridized carbons (Fsp3) is 0.226. The van der Waals surface area contributed by atoms with E-state index in [1.807, 2.05) is 0 Å². The minimum atomic E-state index is -4.85. The van der Waals surface area contributed by atoms with Crippen LogP contribution in [0.5, 0.6) is 0 Å². The van der Waals surface area contributed by atoms with Gasteiger partial charge in [-0.1, -0.05) is 42.5 Å². The second-order valence-corrected chi connectivity index (χ2v) is 10.8. The Balaban J connectivity index is 1.61. The molecule has 236 valence electrons. The highest BCUT2D eigenvalue weighted by atomic mass is 19.4. The number of rotatable bonds is 8. The molecule has 0 aliphatic carbocycles. The predicted molar refractivity (Wildman–Crippen MR) is 158 cm³/mol. The van der Waals surface area contributed by atoms with Gasteiger partial charge in [0.15, 0.2) is 5.69 Å². The lowest BCUT2D eigenvalue weighted by Gasteiger charge is -2.21. The molecule has 3 aromatic carbocycles. The number of para-hydroxylation sites is 1. The number of carbonyl (C=O) groups is 3. The van der Waals surface area contributed by atoms with Crippen molar-refractivity contribution >= 4 is 29.5 Å². The Bertz CT molecular complexity index is 1710. The number of carboxylic acid groups (broad SMARTS) is 1. The topological polar surface area (TPSA) is 155 Å². The van der Waals surface area contributed by atoms with Crippen molar-refractivity contribution in [2.24, 2.45) is 0 Å². The minimum Gasteiger partial charge on any atom is -0.465 e. The van der Waals surface area contributed by atoms with E-state index < -0.39 is 47.4 Å². The van der Waals surface area contributed by atoms with Crippen LogP contribution in [-0.2, 0) is 17.5 Å². The summed E-state index contributed by atoms with van der Waals surface area (Å²) in [5.41, 5.74) is -0.879. The zero-order valence-electron chi connectivity index (χ0n) is 24.3. The third-order valence-electron chi connectivity index (χ3n) is 6.18. The predicted octanol–water partition coefficient (Wildman–Crippen LogP) is 6.34. The molecule has 0 aliphatic heterocycles. The third kappa shape index (κ3) is 8.60. The molecule has 4 rings (SSSR count). The van der Waals surface area contributed by atoms with Gasteiger partial charge in [0.25, 0.3) is 5.91 Å². The number of nitrogens with one attached hydrogen (secondary N) is 3. The number of amides is 3. The van der Waals surface area contributed by atoms with E-state index in [0.717, 1.165) is 4.68 Å². The molecule has 4 aromatic rings. The summed E-state index contributed by atoms with van der Waals surface area (Å²) in [6.45, 7) is 5.01. The summed E-state index contributed by atoms with van der Waals surface area (Å²) in [6, 6.07) is 19.0. The molecule has 0 saturated carbocycles. The highest BCUT2D eigenvalue weighted by molar-refractivity contribution is 6.03. The first-order valence-corrected chi connectivity index (χ1v) is 13.5. The first-order valence-electron chi connectivity index (χ1n) is 13.5. The van der Waals surface area contributed by atoms with Crippen LogP contribution in [0.2, 0.25) is 0 Å². The number of hydrogen-bond acceptors (Lipinski definition) is 6. The second-order valence-electron chi connectivity index (χ2n) is 10.8. The van der Waals surface area contributed by atoms with Gasteiger partial charge in [0, 0.05) is 23.9 Å². The lowest BCUT2D eigenvalue weighted by molar-refractivity contribution is -0.141. The number of aliphatic hydroxyl groups is 1. The smallest absolute Gasteiger partial charge is 0.435 e. The van der Waals surface area contributed by atoms with Crippen molar-refractivity contribution in [2.45, 2.75) is 45.2 Å². The quantitative estimate of drug-likeness (QED) is 0.153. The van der Waals surface area contributed by atoms with Crippen molar-refractivity contribution in [3.63, 3.8) is 0 Å². The summed E-state index contributed by atoms with van der Waals surface area (Å²) in [4.78, 5) is 36.6. The van der Waals surface area contributed by atoms with Crippen LogP contribution in [0.4, 0.5) is 34.1 Å². The Morgan fingerprint density at radius 3 is 2.33 bits per heavy atom. The molecule has 1 heterocycles. The van der Waals surface area contributed by atoms with E-state index in [-0.39, 0.29) is 23.6 Å². The normalized spacial score (nSPS) is 12.2. The molecular formula is C31H30F3N5O6. The summed E-state index contributed by atoms with van der Waals surface area (Å²) >= 11 is 0. The zero-order chi connectivity index (χ0) is 32.9. The molecule has 0 fully saturated rings. The molecule has 0 spiro atoms. The Morgan fingerprint density at radius 2 is 1.64 bits per heavy atom. The molecular weight excluding hydrogens is 595 g/mol. The van der Waals surface area contributed by atoms with Crippen molar-refractivity contribution < 1.29 is 42.5 Å². The van der Waals surface area contributed by atoms with Gasteiger partial charge in [-0.3, -0.25) is 10.1 Å². The van der Waals surface area contributed by atoms with Crippen molar-refractivity contribution in [1.29, 1.82) is 0 Å². The highest BCUT2D eigenvalue weighted by Crippen LogP contribution is 2.32. The van der Waals surface area contributed by atoms with Crippen LogP contribution < -0.4 is 16.0 Å². The zero-order valence-corrected chi connectivity index (χ0v) is 24.3. The number of benzene rings is 3. The fourth-order valence-corrected chi connectivity index (χ4v) is 4.28. The maximum absolute atomic E-state index is 13.6. The Labute approximate surface area is 255 Å². The van der Waals surface area contributed by atoms with Gasteiger partial charge in [-0.2, -0.15) is 18.3 Å². The molecule has 0 saturated heterocycles. The molecule has 3 amide bonds. The van der Waals surface area contributed by atoms with Crippen LogP contribution in [0.3, 0.4) is 0 Å². The Morgan fingerprint density at radius 1 is 0.933 bits per heavy atom. The molecule has 11 nitrogen and oxygen atoms in total. The van der Waals surface area contributed by atoms with Crippen molar-refractivity contribution in [2.75, 3.05) is 10.6 Å². The number of carbonyl (C=O) groups excluding carboxylic acids is 2. The van der Waals surface area contributed by atoms with Crippen LogP contribution in [0.25, 0.3) is 5.69 Å². The van der Waals surface area contributed by atoms with E-state index in [4.69, 9.17) is 9.84 Å². The number of alkyl halides is 3. The van der Waals surface area contributed by atoms with Gasteiger partial charge in [0.2, 0.25) is 0 Å². The van der Waals surface area contributed by atoms with E-state index in [9.17, 15) is 32.7 Å². The minimum absolute atomic E-state index is 0.0959. The molecule has 14 heteroatoms. The number of hydrogen-bond donors (Lipinski definition) is 5. The lowest BCUT2D eigenvalue weighted by atomic mass is 9.99. The molecule has 0 aliphatic rings. The van der Waals surface area contributed by atoms with Crippen molar-refractivity contribution in [3.8, 4) is 5.69 Å². The molecule has 45 heavy (non-hydrogen) atoms. The van der Waals surface area contributed by atoms with Gasteiger partial charge in [-0.15, -0.1) is 0 Å². The summed E-state index contributed by atoms with van der Waals surface area (Å²) in [5.74, 6) is -0.925. The largest absolute Gasteiger partial charge is 0.465 e. The summed E-state index contributed by atoms with van der Waals surface area (Å²) in [7, 11) is 0. The Kier molecular flexibility index (Phi) is 9.47. The molecule has 0 radical (unpaired) electrons. The van der Waals surface area contributed by atoms with Gasteiger partial charge in [0.05, 0.1) is 11.4 Å². The maximum atomic E-state index is 13.6. The van der Waals surface area contributed by atoms with Gasteiger partial charge in [-0.25, -0.2) is 14.3 Å². The molecule has 1 aromatic heterocycles. The SMILES string of the molecule is CC(C)(C)OC(=O)Nc1ccccc1C(O)c1cccc(NC(=O)c2cc(C(F)(F)F)nn2-c2cccc(CNC(=O)O)c2)c1. The van der Waals surface area contributed by atoms with Crippen LogP contribution in [0.1, 0.15) is 59.7 Å². The highest BCUT2D eigenvalue weighted by Gasteiger charge is 2.36. The summed E-state index contributed by atoms with van der Waals surface area (Å²) in [5, 5.41) is 31.0. The number of halogens is 3. The Hall–Kier alpha value is -5.37. The number of nitrogens with zero attached hydrogens (tertiary/aromatic N) is 2. The van der Waals surface area contributed by atoms with Crippen LogP contribution in [0, 0.1) is 0 Å². The standard InChI is InChI=1S/C31H30F3N5O6/c1-30(2,3)45-29(44)37-23-13-5-4-12-22(23)26(40)19-9-7-10-20(15-19)36-27(41)24-16-25(31(32,33)34)38-39(24)21-11-6-8-18(14-21)17-35-28(42)43/h4-16,26,35,40H,17H2,1-3H3,(H,36,41)(H,37,44)(H,42,43). The number of aliphatic hydroxyl groups excluding tert-OH is 1. The maximum Gasteiger partial charge on any atom is 0.435 e. The number of aromatic nitrogens is 2. The van der Waals surface area contributed by atoms with Gasteiger partial charge >= 0.3 is 18.4 Å².